The van der Waals surface area contributed by atoms with Crippen LogP contribution in [0.1, 0.15) is 74.7 Å². The van der Waals surface area contributed by atoms with Crippen molar-refractivity contribution in [2.24, 2.45) is 16.6 Å². The van der Waals surface area contributed by atoms with Gasteiger partial charge < -0.3 is 40.6 Å². The van der Waals surface area contributed by atoms with Crippen molar-refractivity contribution in [2.75, 3.05) is 13.2 Å². The third-order valence-electron chi connectivity index (χ3n) is 6.02. The van der Waals surface area contributed by atoms with Crippen LogP contribution in [0, 0.1) is 10.8 Å². The summed E-state index contributed by atoms with van der Waals surface area (Å²) in [5, 5.41) is 28.9. The molecule has 2 aliphatic carbocycles. The summed E-state index contributed by atoms with van der Waals surface area (Å²) in [4.78, 5) is 33.1. The Morgan fingerprint density at radius 1 is 0.872 bits per heavy atom. The van der Waals surface area contributed by atoms with Crippen LogP contribution in [0.3, 0.4) is 0 Å². The predicted molar refractivity (Wildman–Crippen MR) is 150 cm³/mol. The topological polar surface area (TPSA) is 178 Å². The van der Waals surface area contributed by atoms with Crippen molar-refractivity contribution < 1.29 is 43.9 Å². The molecule has 0 aliphatic heterocycles. The van der Waals surface area contributed by atoms with Crippen LogP contribution < -0.4 is 11.1 Å². The Labute approximate surface area is 233 Å². The molecule has 0 saturated heterocycles. The maximum absolute atomic E-state index is 11.8. The van der Waals surface area contributed by atoms with E-state index in [0.717, 1.165) is 25.7 Å². The summed E-state index contributed by atoms with van der Waals surface area (Å²) in [6.45, 7) is 18.6. The Hall–Kier alpha value is -2.47. The third kappa shape index (κ3) is 15.0. The molecular formula is C28H52N2O9. The number of hydrogen-bond acceptors (Lipinski definition) is 8. The Morgan fingerprint density at radius 3 is 1.59 bits per heavy atom. The van der Waals surface area contributed by atoms with E-state index in [2.05, 4.69) is 18.5 Å². The number of aliphatic hydroxyl groups excluding tert-OH is 1. The quantitative estimate of drug-likeness (QED) is 0.247. The summed E-state index contributed by atoms with van der Waals surface area (Å²) < 4.78 is 15.8. The number of hydrogen-bond donors (Lipinski definition) is 5. The number of carbonyl (C=O) groups is 3. The van der Waals surface area contributed by atoms with E-state index in [1.54, 1.807) is 53.7 Å². The molecule has 11 nitrogen and oxygen atoms in total. The predicted octanol–water partition coefficient (Wildman–Crippen LogP) is 3.74. The average molecular weight is 561 g/mol. The highest BCUT2D eigenvalue weighted by Gasteiger charge is 2.38. The highest BCUT2D eigenvalue weighted by atomic mass is 16.6. The molecule has 11 heteroatoms. The fraction of sp³-hybridized carbons (Fsp3) is 0.750. The molecule has 2 saturated carbocycles. The fourth-order valence-electron chi connectivity index (χ4n) is 3.10. The van der Waals surface area contributed by atoms with Crippen LogP contribution in [0.2, 0.25) is 0 Å². The van der Waals surface area contributed by atoms with Crippen molar-refractivity contribution in [2.45, 2.75) is 111 Å². The zero-order valence-corrected chi connectivity index (χ0v) is 23.6. The van der Waals surface area contributed by atoms with Gasteiger partial charge in [-0.05, 0) is 36.5 Å². The maximum Gasteiger partial charge on any atom is 0.408 e. The summed E-state index contributed by atoms with van der Waals surface area (Å²) in [6.07, 6.45) is 5.48. The molecule has 0 aromatic carbocycles. The van der Waals surface area contributed by atoms with E-state index in [1.807, 2.05) is 0 Å². The number of ether oxygens (including phenoxy) is 3. The first kappa shape index (κ1) is 38.7. The molecule has 39 heavy (non-hydrogen) atoms. The molecule has 6 N–H and O–H groups in total. The van der Waals surface area contributed by atoms with Gasteiger partial charge in [0.15, 0.2) is 0 Å². The summed E-state index contributed by atoms with van der Waals surface area (Å²) in [5.41, 5.74) is 4.36. The average Bonchev–Trinajstić information content (AvgIpc) is 2.78. The minimum Gasteiger partial charge on any atom is -0.480 e. The van der Waals surface area contributed by atoms with Gasteiger partial charge in [-0.25, -0.2) is 9.59 Å². The van der Waals surface area contributed by atoms with Gasteiger partial charge in [0.2, 0.25) is 0 Å². The van der Waals surface area contributed by atoms with Gasteiger partial charge in [0.05, 0.1) is 31.5 Å². The number of nitrogens with two attached hydrogens (primary N) is 1. The monoisotopic (exact) mass is 560 g/mol. The van der Waals surface area contributed by atoms with E-state index < -0.39 is 35.5 Å². The highest BCUT2D eigenvalue weighted by Crippen LogP contribution is 2.27. The molecular weight excluding hydrogens is 508 g/mol. The van der Waals surface area contributed by atoms with Gasteiger partial charge in [-0.3, -0.25) is 4.79 Å². The zero-order chi connectivity index (χ0) is 29.7. The normalized spacial score (nSPS) is 23.2. The number of aliphatic hydroxyl groups is 1. The van der Waals surface area contributed by atoms with Crippen molar-refractivity contribution in [3.8, 4) is 0 Å². The van der Waals surface area contributed by atoms with Crippen molar-refractivity contribution in [1.82, 2.24) is 5.32 Å². The summed E-state index contributed by atoms with van der Waals surface area (Å²) in [7, 11) is 0. The second-order valence-corrected chi connectivity index (χ2v) is 11.5. The lowest BCUT2D eigenvalue weighted by atomic mass is 9.87. The molecule has 2 fully saturated rings. The van der Waals surface area contributed by atoms with Gasteiger partial charge >= 0.3 is 18.0 Å². The van der Waals surface area contributed by atoms with Gasteiger partial charge in [0.1, 0.15) is 18.2 Å². The number of carboxylic acids is 2. The Balaban J connectivity index is 0. The van der Waals surface area contributed by atoms with Crippen LogP contribution in [-0.4, -0.2) is 83.1 Å². The molecule has 0 spiro atoms. The van der Waals surface area contributed by atoms with Crippen molar-refractivity contribution in [1.29, 1.82) is 0 Å². The minimum atomic E-state index is -1.08. The van der Waals surface area contributed by atoms with Gasteiger partial charge in [-0.15, -0.1) is 13.2 Å². The minimum absolute atomic E-state index is 0. The molecule has 2 aliphatic rings. The lowest BCUT2D eigenvalue weighted by molar-refractivity contribution is -0.143. The molecule has 1 amide bonds. The number of nitrogens with one attached hydrogen (secondary N) is 1. The van der Waals surface area contributed by atoms with Crippen molar-refractivity contribution >= 4 is 18.0 Å². The molecule has 0 radical (unpaired) electrons. The van der Waals surface area contributed by atoms with E-state index in [0.29, 0.717) is 13.2 Å². The molecule has 0 heterocycles. The molecule has 0 unspecified atom stereocenters. The molecule has 6 atom stereocenters. The lowest BCUT2D eigenvalue weighted by Gasteiger charge is -2.36. The Bertz CT molecular complexity index is 774. The smallest absolute Gasteiger partial charge is 0.408 e. The fourth-order valence-corrected chi connectivity index (χ4v) is 3.10. The molecule has 228 valence electrons. The van der Waals surface area contributed by atoms with Crippen molar-refractivity contribution in [3.05, 3.63) is 25.3 Å². The Kier molecular flexibility index (Phi) is 17.8. The second kappa shape index (κ2) is 18.0. The van der Waals surface area contributed by atoms with Gasteiger partial charge in [-0.1, -0.05) is 61.1 Å². The van der Waals surface area contributed by atoms with E-state index in [9.17, 15) is 14.4 Å². The van der Waals surface area contributed by atoms with Gasteiger partial charge in [-0.2, -0.15) is 0 Å². The van der Waals surface area contributed by atoms with Gasteiger partial charge in [0, 0.05) is 0 Å². The van der Waals surface area contributed by atoms with Crippen LogP contribution in [0.15, 0.2) is 25.3 Å². The van der Waals surface area contributed by atoms with Crippen LogP contribution in [0.4, 0.5) is 4.79 Å². The zero-order valence-electron chi connectivity index (χ0n) is 23.6. The number of alkyl carbamates (subject to hydrolysis) is 1. The van der Waals surface area contributed by atoms with Crippen LogP contribution in [0.25, 0.3) is 0 Å². The summed E-state index contributed by atoms with van der Waals surface area (Å²) >= 11 is 0. The van der Waals surface area contributed by atoms with E-state index in [1.165, 1.54) is 0 Å². The van der Waals surface area contributed by atoms with Crippen LogP contribution >= 0.6 is 0 Å². The molecule has 2 rings (SSSR count). The molecule has 0 aromatic heterocycles. The molecule has 0 bridgehead atoms. The van der Waals surface area contributed by atoms with E-state index in [4.69, 9.17) is 35.3 Å². The van der Waals surface area contributed by atoms with E-state index in [-0.39, 0.29) is 37.3 Å². The second-order valence-electron chi connectivity index (χ2n) is 11.5. The largest absolute Gasteiger partial charge is 0.480 e. The first-order chi connectivity index (χ1) is 17.4. The first-order valence-electron chi connectivity index (χ1n) is 12.8. The number of carbonyl (C=O) groups excluding carboxylic acids is 1. The van der Waals surface area contributed by atoms with Crippen LogP contribution in [-0.2, 0) is 23.8 Å². The SMILES string of the molecule is C.C=CCO[C@@H]1CC[C@H]1O.C=CCO[C@@H]1CC[C@H]1OC(=O)N[C@H](C(=O)O)C(C)(C)C.CC(C)(C)[C@H](N)C(=O)O. The standard InChI is InChI=1S/C14H23NO5.C7H12O2.C6H13NO2.CH4/c1-5-8-19-9-6-7-10(9)20-13(18)15-11(12(16)17)14(2,3)4;1-2-5-9-7-4-3-6(7)8;1-6(2,3)4(7)5(8)9;/h5,9-11H,1,6-8H2,2-4H3,(H,15,18)(H,16,17);2,6-8H,1,3-5H2;4H,7H2,1-3H3,(H,8,9);1H4/t9-,10-,11-;6-,7-;4-;/m111./s1. The number of aliphatic carboxylic acids is 2. The number of amides is 1. The third-order valence-corrected chi connectivity index (χ3v) is 6.02. The maximum atomic E-state index is 11.8. The summed E-state index contributed by atoms with van der Waals surface area (Å²) in [5.74, 6) is -2.02. The van der Waals surface area contributed by atoms with Crippen molar-refractivity contribution in [3.63, 3.8) is 0 Å². The highest BCUT2D eigenvalue weighted by molar-refractivity contribution is 5.80. The molecule has 0 aromatic rings. The Morgan fingerprint density at radius 2 is 1.33 bits per heavy atom. The lowest BCUT2D eigenvalue weighted by Crippen LogP contribution is -2.52. The number of carboxylic acid groups (broad SMARTS) is 2. The van der Waals surface area contributed by atoms with Crippen LogP contribution in [0.5, 0.6) is 0 Å². The number of rotatable bonds is 10. The summed E-state index contributed by atoms with van der Waals surface area (Å²) in [6, 6.07) is -1.76. The first-order valence-corrected chi connectivity index (χ1v) is 12.8. The van der Waals surface area contributed by atoms with E-state index >= 15 is 0 Å². The van der Waals surface area contributed by atoms with Gasteiger partial charge in [0.25, 0.3) is 0 Å².